The van der Waals surface area contributed by atoms with Gasteiger partial charge in [0, 0.05) is 6.42 Å². The molecule has 1 aromatic rings. The summed E-state index contributed by atoms with van der Waals surface area (Å²) in [6.45, 7) is -0.887. The molecule has 0 fully saturated rings. The maximum Gasteiger partial charge on any atom is 0.519 e. The Hall–Kier alpha value is -1.35. The fourth-order valence-corrected chi connectivity index (χ4v) is 1.59. The molecule has 122 valence electrons. The molecule has 1 rings (SSSR count). The van der Waals surface area contributed by atoms with E-state index in [9.17, 15) is 4.79 Å². The van der Waals surface area contributed by atoms with Gasteiger partial charge in [-0.15, -0.1) is 0 Å². The maximum atomic E-state index is 10.9. The zero-order chi connectivity index (χ0) is 15.8. The van der Waals surface area contributed by atoms with E-state index in [0.717, 1.165) is 0 Å². The highest BCUT2D eigenvalue weighted by atomic mass is 17.1. The molecule has 0 radical (unpaired) electrons. The van der Waals surface area contributed by atoms with Gasteiger partial charge < -0.3 is 13.9 Å². The Morgan fingerprint density at radius 3 is 2.33 bits per heavy atom. The SMILES string of the molecule is O=c1oc(CO)c(CCCC(CON(O)O)ON(O)O)o1. The number of nitrogens with zero attached hydrogens (tertiary/aromatic N) is 2. The van der Waals surface area contributed by atoms with Gasteiger partial charge in [-0.05, 0) is 12.8 Å². The van der Waals surface area contributed by atoms with Crippen molar-refractivity contribution in [3.63, 3.8) is 0 Å². The van der Waals surface area contributed by atoms with Crippen LogP contribution in [0.4, 0.5) is 0 Å². The summed E-state index contributed by atoms with van der Waals surface area (Å²) in [7, 11) is 0. The van der Waals surface area contributed by atoms with Crippen LogP contribution in [0, 0.1) is 0 Å². The summed E-state index contributed by atoms with van der Waals surface area (Å²) in [5, 5.41) is 41.7. The molecule has 5 N–H and O–H groups in total. The van der Waals surface area contributed by atoms with Crippen LogP contribution in [0.15, 0.2) is 13.6 Å². The zero-order valence-electron chi connectivity index (χ0n) is 10.8. The minimum absolute atomic E-state index is 0.0107. The van der Waals surface area contributed by atoms with Gasteiger partial charge in [-0.3, -0.25) is 20.8 Å². The first-order chi connectivity index (χ1) is 9.92. The van der Waals surface area contributed by atoms with Crippen LogP contribution in [-0.2, 0) is 22.7 Å². The second kappa shape index (κ2) is 8.83. The van der Waals surface area contributed by atoms with Crippen molar-refractivity contribution in [1.82, 2.24) is 10.8 Å². The molecule has 0 aliphatic rings. The van der Waals surface area contributed by atoms with E-state index in [-0.39, 0.29) is 24.4 Å². The van der Waals surface area contributed by atoms with Crippen molar-refractivity contribution < 1.29 is 44.4 Å². The highest BCUT2D eigenvalue weighted by Gasteiger charge is 2.17. The molecule has 0 aliphatic heterocycles. The molecule has 0 amide bonds. The van der Waals surface area contributed by atoms with E-state index >= 15 is 0 Å². The Labute approximate surface area is 117 Å². The summed E-state index contributed by atoms with van der Waals surface area (Å²) in [5.74, 6) is -0.757. The van der Waals surface area contributed by atoms with Crippen LogP contribution in [0.1, 0.15) is 24.4 Å². The molecule has 1 atom stereocenters. The molecule has 0 aliphatic carbocycles. The minimum Gasteiger partial charge on any atom is -0.396 e. The van der Waals surface area contributed by atoms with Gasteiger partial charge in [-0.1, -0.05) is 0 Å². The molecule has 0 aromatic carbocycles. The molecule has 1 aromatic heterocycles. The molecule has 12 heteroatoms. The van der Waals surface area contributed by atoms with Gasteiger partial charge in [0.1, 0.15) is 19.3 Å². The fraction of sp³-hybridized carbons (Fsp3) is 0.667. The lowest BCUT2D eigenvalue weighted by Gasteiger charge is -2.18. The summed E-state index contributed by atoms with van der Waals surface area (Å²) >= 11 is 0. The van der Waals surface area contributed by atoms with Gasteiger partial charge in [0.05, 0.1) is 10.8 Å². The van der Waals surface area contributed by atoms with Crippen molar-refractivity contribution in [2.45, 2.75) is 32.0 Å². The van der Waals surface area contributed by atoms with Gasteiger partial charge in [0.2, 0.25) is 0 Å². The lowest BCUT2D eigenvalue weighted by Crippen LogP contribution is -2.31. The van der Waals surface area contributed by atoms with E-state index in [4.69, 9.17) is 30.4 Å². The summed E-state index contributed by atoms with van der Waals surface area (Å²) < 4.78 is 9.29. The van der Waals surface area contributed by atoms with E-state index in [1.807, 2.05) is 0 Å². The standard InChI is InChI=1S/C9H16N2O10/c12-4-8-7(19-9(13)20-8)3-1-2-6(21-11(16)17)5-18-10(14)15/h6,12,14-17H,1-5H2. The summed E-state index contributed by atoms with van der Waals surface area (Å²) in [6.07, 6.45) is -0.224. The Kier molecular flexibility index (Phi) is 7.44. The van der Waals surface area contributed by atoms with Crippen LogP contribution >= 0.6 is 0 Å². The third-order valence-corrected chi connectivity index (χ3v) is 2.42. The van der Waals surface area contributed by atoms with Crippen LogP contribution in [0.3, 0.4) is 0 Å². The van der Waals surface area contributed by atoms with Crippen LogP contribution < -0.4 is 5.82 Å². The predicted octanol–water partition coefficient (Wildman–Crippen LogP) is -0.560. The van der Waals surface area contributed by atoms with Crippen molar-refractivity contribution in [3.8, 4) is 0 Å². The first-order valence-electron chi connectivity index (χ1n) is 5.80. The topological polar surface area (TPSA) is 169 Å². The van der Waals surface area contributed by atoms with Gasteiger partial charge in [-0.2, -0.15) is 0 Å². The second-order valence-corrected chi connectivity index (χ2v) is 3.88. The van der Waals surface area contributed by atoms with Crippen LogP contribution in [-0.4, -0.2) is 49.4 Å². The van der Waals surface area contributed by atoms with Gasteiger partial charge >= 0.3 is 5.82 Å². The number of hydrogen-bond donors (Lipinski definition) is 5. The molecule has 0 bridgehead atoms. The zero-order valence-corrected chi connectivity index (χ0v) is 10.8. The lowest BCUT2D eigenvalue weighted by atomic mass is 10.1. The Bertz CT molecular complexity index is 456. The molecule has 1 unspecified atom stereocenters. The monoisotopic (exact) mass is 312 g/mol. The van der Waals surface area contributed by atoms with E-state index in [1.165, 1.54) is 0 Å². The largest absolute Gasteiger partial charge is 0.519 e. The smallest absolute Gasteiger partial charge is 0.396 e. The lowest BCUT2D eigenvalue weighted by molar-refractivity contribution is -0.527. The van der Waals surface area contributed by atoms with E-state index in [0.29, 0.717) is 6.42 Å². The second-order valence-electron chi connectivity index (χ2n) is 3.88. The van der Waals surface area contributed by atoms with E-state index < -0.39 is 35.9 Å². The molecular formula is C9H16N2O10. The number of aliphatic hydroxyl groups is 1. The number of rotatable bonds is 10. The molecule has 0 saturated heterocycles. The van der Waals surface area contributed by atoms with E-state index in [1.54, 1.807) is 0 Å². The molecule has 0 saturated carbocycles. The molecule has 21 heavy (non-hydrogen) atoms. The highest BCUT2D eigenvalue weighted by Crippen LogP contribution is 2.13. The van der Waals surface area contributed by atoms with Crippen molar-refractivity contribution >= 4 is 0 Å². The van der Waals surface area contributed by atoms with E-state index in [2.05, 4.69) is 14.1 Å². The minimum atomic E-state index is -0.932. The van der Waals surface area contributed by atoms with Crippen LogP contribution in [0.2, 0.25) is 0 Å². The van der Waals surface area contributed by atoms with Crippen molar-refractivity contribution in [3.05, 3.63) is 22.1 Å². The van der Waals surface area contributed by atoms with Gasteiger partial charge in [0.15, 0.2) is 11.5 Å². The molecule has 0 spiro atoms. The number of aliphatic hydroxyl groups excluding tert-OH is 1. The normalized spacial score (nSPS) is 13.3. The molecule has 1 heterocycles. The Balaban J connectivity index is 2.46. The highest BCUT2D eigenvalue weighted by molar-refractivity contribution is 5.01. The number of hydrogen-bond acceptors (Lipinski definition) is 12. The van der Waals surface area contributed by atoms with Crippen LogP contribution in [0.5, 0.6) is 0 Å². The predicted molar refractivity (Wildman–Crippen MR) is 57.8 cm³/mol. The first-order valence-corrected chi connectivity index (χ1v) is 5.80. The Morgan fingerprint density at radius 1 is 1.10 bits per heavy atom. The molecule has 12 nitrogen and oxygen atoms in total. The number of aryl methyl sites for hydroxylation is 1. The van der Waals surface area contributed by atoms with Crippen LogP contribution in [0.25, 0.3) is 0 Å². The van der Waals surface area contributed by atoms with Gasteiger partial charge in [-0.25, -0.2) is 14.5 Å². The van der Waals surface area contributed by atoms with Crippen molar-refractivity contribution in [2.24, 2.45) is 0 Å². The maximum absolute atomic E-state index is 10.9. The molecular weight excluding hydrogens is 296 g/mol. The average molecular weight is 312 g/mol. The summed E-state index contributed by atoms with van der Waals surface area (Å²) in [4.78, 5) is 19.7. The van der Waals surface area contributed by atoms with Crippen molar-refractivity contribution in [2.75, 3.05) is 6.61 Å². The third-order valence-electron chi connectivity index (χ3n) is 2.42. The summed E-state index contributed by atoms with van der Waals surface area (Å²) in [6, 6.07) is 0. The summed E-state index contributed by atoms with van der Waals surface area (Å²) in [5.41, 5.74) is 0. The quantitative estimate of drug-likeness (QED) is 0.349. The average Bonchev–Trinajstić information content (AvgIpc) is 2.75. The van der Waals surface area contributed by atoms with Gasteiger partial charge in [0.25, 0.3) is 0 Å². The Morgan fingerprint density at radius 2 is 1.76 bits per heavy atom. The van der Waals surface area contributed by atoms with Crippen molar-refractivity contribution in [1.29, 1.82) is 0 Å². The first kappa shape index (κ1) is 17.7. The fourth-order valence-electron chi connectivity index (χ4n) is 1.59. The third kappa shape index (κ3) is 6.76.